The molecule has 0 aliphatic carbocycles. The first-order valence-corrected chi connectivity index (χ1v) is 12.6. The number of anilines is 1. The fraction of sp³-hybridized carbons (Fsp3) is 0.455. The van der Waals surface area contributed by atoms with E-state index in [1.165, 1.54) is 29.0 Å². The summed E-state index contributed by atoms with van der Waals surface area (Å²) in [4.78, 5) is 0. The van der Waals surface area contributed by atoms with Gasteiger partial charge in [0, 0.05) is 17.5 Å². The van der Waals surface area contributed by atoms with Crippen LogP contribution in [0.15, 0.2) is 36.4 Å². The lowest BCUT2D eigenvalue weighted by Gasteiger charge is -2.50. The van der Waals surface area contributed by atoms with Crippen molar-refractivity contribution in [2.75, 3.05) is 18.2 Å². The van der Waals surface area contributed by atoms with Crippen molar-refractivity contribution < 1.29 is 40.3 Å². The van der Waals surface area contributed by atoms with Gasteiger partial charge in [0.05, 0.1) is 17.9 Å². The fourth-order valence-corrected chi connectivity index (χ4v) is 5.10. The minimum atomic E-state index is -5.51. The molecule has 2 atom stereocenters. The molecule has 0 aromatic heterocycles. The highest BCUT2D eigenvalue weighted by atomic mass is 35.5. The summed E-state index contributed by atoms with van der Waals surface area (Å²) in [6, 6.07) is 7.80. The van der Waals surface area contributed by atoms with Gasteiger partial charge < -0.3 is 4.74 Å². The number of hydroxylamine groups is 1. The number of hydrogen-bond acceptors (Lipinski definition) is 5. The number of alkyl halides is 3. The maximum absolute atomic E-state index is 15.2. The zero-order chi connectivity index (χ0) is 26.0. The van der Waals surface area contributed by atoms with Crippen LogP contribution < -0.4 is 14.5 Å². The Balaban J connectivity index is 1.99. The Morgan fingerprint density at radius 3 is 2.37 bits per heavy atom. The van der Waals surface area contributed by atoms with Crippen LogP contribution in [0, 0.1) is 17.6 Å². The molecule has 1 aliphatic rings. The van der Waals surface area contributed by atoms with Gasteiger partial charge in [-0.3, -0.25) is 5.21 Å². The summed E-state index contributed by atoms with van der Waals surface area (Å²) in [5.41, 5.74) is -7.00. The number of nitrogens with zero attached hydrogens (tertiary/aromatic N) is 1. The van der Waals surface area contributed by atoms with E-state index in [4.69, 9.17) is 16.3 Å². The number of nitrogens with one attached hydrogen (secondary N) is 1. The molecule has 1 unspecified atom stereocenters. The number of hydrogen-bond donors (Lipinski definition) is 2. The molecule has 2 N–H and O–H groups in total. The summed E-state index contributed by atoms with van der Waals surface area (Å²) >= 11 is 5.94. The average Bonchev–Trinajstić information content (AvgIpc) is 2.80. The maximum Gasteiger partial charge on any atom is 0.511 e. The zero-order valence-corrected chi connectivity index (χ0v) is 20.2. The molecule has 2 aromatic rings. The minimum Gasteiger partial charge on any atom is -0.490 e. The largest absolute Gasteiger partial charge is 0.511 e. The Bertz CT molecular complexity index is 1150. The predicted octanol–water partition coefficient (Wildman–Crippen LogP) is 5.74. The molecule has 0 bridgehead atoms. The molecule has 3 rings (SSSR count). The van der Waals surface area contributed by atoms with Crippen LogP contribution in [0.5, 0.6) is 5.75 Å². The van der Waals surface area contributed by atoms with Crippen LogP contribution in [0.3, 0.4) is 0 Å². The maximum atomic E-state index is 15.2. The van der Waals surface area contributed by atoms with Gasteiger partial charge in [0.2, 0.25) is 0 Å². The number of benzene rings is 2. The van der Waals surface area contributed by atoms with E-state index in [2.05, 4.69) is 0 Å². The third-order valence-electron chi connectivity index (χ3n) is 6.12. The van der Waals surface area contributed by atoms with Crippen LogP contribution in [0.4, 0.5) is 27.6 Å². The third kappa shape index (κ3) is 5.35. The summed E-state index contributed by atoms with van der Waals surface area (Å²) in [5, 5.41) is 12.6. The summed E-state index contributed by atoms with van der Waals surface area (Å²) < 4.78 is 97.1. The van der Waals surface area contributed by atoms with Crippen molar-refractivity contribution in [3.63, 3.8) is 0 Å². The van der Waals surface area contributed by atoms with E-state index in [1.807, 2.05) is 0 Å². The smallest absolute Gasteiger partial charge is 0.490 e. The molecule has 2 aromatic carbocycles. The fourth-order valence-electron chi connectivity index (χ4n) is 4.39. The standard InChI is InChI=1S/C22H24ClF5N2O4S/c1-2-14-13-34-20-18(25)10-9-17(24)19(20)21(14,30(31)16-7-5-15(23)6-8-16)11-3-4-12-29-35(32,33)22(26,27)28/h5-10,14,29,31H,2-4,11-13H2,1H3/t14?,21-/m1/s1. The molecule has 6 nitrogen and oxygen atoms in total. The topological polar surface area (TPSA) is 78.9 Å². The van der Waals surface area contributed by atoms with Crippen LogP contribution >= 0.6 is 11.6 Å². The molecule has 0 amide bonds. The summed E-state index contributed by atoms with van der Waals surface area (Å²) in [5.74, 6) is -2.58. The van der Waals surface area contributed by atoms with Crippen molar-refractivity contribution >= 4 is 27.3 Å². The molecule has 0 radical (unpaired) electrons. The summed E-state index contributed by atoms with van der Waals surface area (Å²) in [6.07, 6.45) is 0.335. The molecule has 0 fully saturated rings. The van der Waals surface area contributed by atoms with Crippen LogP contribution in [0.1, 0.15) is 38.2 Å². The first-order chi connectivity index (χ1) is 16.3. The van der Waals surface area contributed by atoms with E-state index in [1.54, 1.807) is 6.92 Å². The lowest BCUT2D eigenvalue weighted by atomic mass is 9.71. The van der Waals surface area contributed by atoms with Crippen LogP contribution in [-0.2, 0) is 15.6 Å². The van der Waals surface area contributed by atoms with E-state index >= 15 is 4.39 Å². The second kappa shape index (κ2) is 10.5. The lowest BCUT2D eigenvalue weighted by Crippen LogP contribution is -2.55. The van der Waals surface area contributed by atoms with Crippen molar-refractivity contribution in [3.8, 4) is 5.75 Å². The number of ether oxygens (including phenoxy) is 1. The highest BCUT2D eigenvalue weighted by molar-refractivity contribution is 7.90. The predicted molar refractivity (Wildman–Crippen MR) is 120 cm³/mol. The second-order valence-corrected chi connectivity index (χ2v) is 10.4. The highest BCUT2D eigenvalue weighted by Crippen LogP contribution is 2.51. The summed E-state index contributed by atoms with van der Waals surface area (Å²) in [6.45, 7) is 1.18. The first-order valence-electron chi connectivity index (χ1n) is 10.8. The van der Waals surface area contributed by atoms with Crippen molar-refractivity contribution in [1.82, 2.24) is 4.72 Å². The Morgan fingerprint density at radius 1 is 1.14 bits per heavy atom. The molecule has 194 valence electrons. The van der Waals surface area contributed by atoms with Crippen molar-refractivity contribution in [2.45, 2.75) is 43.7 Å². The Kier molecular flexibility index (Phi) is 8.19. The van der Waals surface area contributed by atoms with Gasteiger partial charge in [0.1, 0.15) is 11.4 Å². The van der Waals surface area contributed by atoms with Gasteiger partial charge in [0.15, 0.2) is 11.6 Å². The molecule has 13 heteroatoms. The van der Waals surface area contributed by atoms with Gasteiger partial charge in [-0.15, -0.1) is 0 Å². The third-order valence-corrected chi connectivity index (χ3v) is 7.56. The quantitative estimate of drug-likeness (QED) is 0.240. The van der Waals surface area contributed by atoms with Crippen LogP contribution in [-0.4, -0.2) is 32.3 Å². The van der Waals surface area contributed by atoms with Crippen molar-refractivity contribution in [2.24, 2.45) is 5.92 Å². The van der Waals surface area contributed by atoms with Gasteiger partial charge in [0.25, 0.3) is 0 Å². The first kappa shape index (κ1) is 27.4. The molecule has 0 saturated carbocycles. The number of unbranched alkanes of at least 4 members (excludes halogenated alkanes) is 1. The van der Waals surface area contributed by atoms with E-state index in [0.29, 0.717) is 11.4 Å². The molecule has 0 saturated heterocycles. The highest BCUT2D eigenvalue weighted by Gasteiger charge is 2.52. The molecule has 1 aliphatic heterocycles. The number of sulfonamides is 1. The monoisotopic (exact) mass is 542 g/mol. The number of fused-ring (bicyclic) bond motifs is 1. The Hall–Kier alpha value is -2.15. The molecule has 35 heavy (non-hydrogen) atoms. The van der Waals surface area contributed by atoms with Crippen LogP contribution in [0.25, 0.3) is 0 Å². The summed E-state index contributed by atoms with van der Waals surface area (Å²) in [7, 11) is -5.51. The minimum absolute atomic E-state index is 0.0465. The van der Waals surface area contributed by atoms with E-state index in [9.17, 15) is 31.2 Å². The Labute approximate surface area is 204 Å². The van der Waals surface area contributed by atoms with Gasteiger partial charge >= 0.3 is 15.5 Å². The van der Waals surface area contributed by atoms with Gasteiger partial charge in [-0.25, -0.2) is 27.0 Å². The number of halogens is 6. The van der Waals surface area contributed by atoms with Crippen molar-refractivity contribution in [1.29, 1.82) is 0 Å². The van der Waals surface area contributed by atoms with Crippen molar-refractivity contribution in [3.05, 3.63) is 58.6 Å². The molecular formula is C22H24ClF5N2O4S. The SMILES string of the molecule is CCC1COc2c(F)ccc(F)c2[C@]1(CCCCNS(=O)(=O)C(F)(F)F)N(O)c1ccc(Cl)cc1. The number of rotatable bonds is 9. The molecular weight excluding hydrogens is 519 g/mol. The normalized spacial score (nSPS) is 20.3. The van der Waals surface area contributed by atoms with Gasteiger partial charge in [-0.1, -0.05) is 18.5 Å². The van der Waals surface area contributed by atoms with E-state index in [0.717, 1.165) is 17.2 Å². The Morgan fingerprint density at radius 2 is 1.77 bits per heavy atom. The van der Waals surface area contributed by atoms with E-state index < -0.39 is 45.2 Å². The zero-order valence-electron chi connectivity index (χ0n) is 18.6. The van der Waals surface area contributed by atoms with Crippen LogP contribution in [0.2, 0.25) is 5.02 Å². The lowest BCUT2D eigenvalue weighted by molar-refractivity contribution is -0.0447. The average molecular weight is 543 g/mol. The molecule has 1 heterocycles. The van der Waals surface area contributed by atoms with Gasteiger partial charge in [-0.05, 0) is 62.1 Å². The second-order valence-electron chi connectivity index (χ2n) is 8.16. The van der Waals surface area contributed by atoms with E-state index in [-0.39, 0.29) is 42.9 Å². The van der Waals surface area contributed by atoms with Gasteiger partial charge in [-0.2, -0.15) is 13.2 Å². The molecule has 0 spiro atoms.